The number of nitrogens with zero attached hydrogens (tertiary/aromatic N) is 2. The Morgan fingerprint density at radius 1 is 0.548 bits per heavy atom. The minimum absolute atomic E-state index is 0.0467. The molecule has 2 aliphatic rings. The highest BCUT2D eigenvalue weighted by Gasteiger charge is 2.36. The Hall–Kier alpha value is -5.08. The van der Waals surface area contributed by atoms with E-state index in [9.17, 15) is 0 Å². The predicted molar refractivity (Wildman–Crippen MR) is 174 cm³/mol. The van der Waals surface area contributed by atoms with Gasteiger partial charge in [-0.25, -0.2) is 9.97 Å². The third-order valence-electron chi connectivity index (χ3n) is 9.46. The maximum absolute atomic E-state index is 5.25. The average Bonchev–Trinajstić information content (AvgIpc) is 3.52. The Labute approximate surface area is 245 Å². The number of rotatable bonds is 2. The highest BCUT2D eigenvalue weighted by Crippen LogP contribution is 2.51. The molecule has 198 valence electrons. The maximum atomic E-state index is 5.25. The molecule has 2 aliphatic carbocycles. The van der Waals surface area contributed by atoms with Crippen molar-refractivity contribution in [1.82, 2.24) is 9.97 Å². The number of para-hydroxylation sites is 1. The molecule has 0 saturated heterocycles. The summed E-state index contributed by atoms with van der Waals surface area (Å²) in [5.74, 6) is 0.771. The van der Waals surface area contributed by atoms with E-state index in [1.807, 2.05) is 0 Å². The van der Waals surface area contributed by atoms with Gasteiger partial charge in [-0.05, 0) is 79.9 Å². The highest BCUT2D eigenvalue weighted by molar-refractivity contribution is 6.01. The summed E-state index contributed by atoms with van der Waals surface area (Å²) in [4.78, 5) is 10.3. The van der Waals surface area contributed by atoms with Crippen molar-refractivity contribution >= 4 is 21.7 Å². The Kier molecular flexibility index (Phi) is 4.76. The van der Waals surface area contributed by atoms with Crippen molar-refractivity contribution in [1.29, 1.82) is 0 Å². The summed E-state index contributed by atoms with van der Waals surface area (Å²) in [6, 6.07) is 44.1. The number of fused-ring (bicyclic) bond motifs is 9. The molecule has 1 aromatic heterocycles. The van der Waals surface area contributed by atoms with Crippen LogP contribution in [0.1, 0.15) is 36.1 Å². The van der Waals surface area contributed by atoms with Crippen LogP contribution in [-0.4, -0.2) is 9.97 Å². The molecule has 2 heteroatoms. The van der Waals surface area contributed by atoms with Crippen molar-refractivity contribution in [3.63, 3.8) is 0 Å². The van der Waals surface area contributed by atoms with E-state index < -0.39 is 0 Å². The lowest BCUT2D eigenvalue weighted by Gasteiger charge is -2.23. The van der Waals surface area contributed by atoms with Crippen LogP contribution in [0.15, 0.2) is 121 Å². The Balaban J connectivity index is 1.20. The molecule has 9 rings (SSSR count). The molecule has 0 atom stereocenters. The third kappa shape index (κ3) is 3.27. The van der Waals surface area contributed by atoms with Crippen LogP contribution in [0.2, 0.25) is 0 Å². The van der Waals surface area contributed by atoms with E-state index in [1.54, 1.807) is 0 Å². The summed E-state index contributed by atoms with van der Waals surface area (Å²) in [5, 5.41) is 3.63. The second-order valence-corrected chi connectivity index (χ2v) is 12.2. The number of hydrogen-bond acceptors (Lipinski definition) is 2. The van der Waals surface area contributed by atoms with Gasteiger partial charge in [-0.1, -0.05) is 117 Å². The van der Waals surface area contributed by atoms with Crippen LogP contribution in [0.3, 0.4) is 0 Å². The van der Waals surface area contributed by atoms with E-state index in [0.29, 0.717) is 0 Å². The Morgan fingerprint density at radius 3 is 2.21 bits per heavy atom. The summed E-state index contributed by atoms with van der Waals surface area (Å²) in [7, 11) is 0. The summed E-state index contributed by atoms with van der Waals surface area (Å²) < 4.78 is 0. The van der Waals surface area contributed by atoms with E-state index in [2.05, 4.69) is 135 Å². The zero-order valence-electron chi connectivity index (χ0n) is 23.6. The van der Waals surface area contributed by atoms with Crippen LogP contribution < -0.4 is 0 Å². The molecule has 0 saturated carbocycles. The molecule has 0 spiro atoms. The first-order chi connectivity index (χ1) is 20.6. The molecule has 0 N–H and O–H groups in total. The Morgan fingerprint density at radius 2 is 1.29 bits per heavy atom. The maximum Gasteiger partial charge on any atom is 0.160 e. The minimum Gasteiger partial charge on any atom is -0.228 e. The number of benzene rings is 6. The first-order valence-corrected chi connectivity index (χ1v) is 14.7. The molecule has 0 fully saturated rings. The van der Waals surface area contributed by atoms with Gasteiger partial charge >= 0.3 is 0 Å². The van der Waals surface area contributed by atoms with E-state index in [1.165, 1.54) is 55.3 Å². The molecular weight excluding hydrogens is 508 g/mol. The standard InChI is InChI=1S/C40H28N2/c1-40(2)35-13-7-5-11-32(35)33-20-15-25-21-26(16-19-31(25)37(33)40)38-34-12-6-8-14-36(34)41-39(42-38)27-17-18-30-28(23-27)22-24-9-3-4-10-29(24)30/h3-21,23H,22H2,1-2H3. The van der Waals surface area contributed by atoms with Crippen molar-refractivity contribution in [3.05, 3.63) is 144 Å². The lowest BCUT2D eigenvalue weighted by atomic mass is 9.80. The fourth-order valence-corrected chi connectivity index (χ4v) is 7.48. The third-order valence-corrected chi connectivity index (χ3v) is 9.46. The molecule has 0 bridgehead atoms. The van der Waals surface area contributed by atoms with Gasteiger partial charge in [0.2, 0.25) is 0 Å². The lowest BCUT2D eigenvalue weighted by molar-refractivity contribution is 0.666. The molecule has 0 unspecified atom stereocenters. The largest absolute Gasteiger partial charge is 0.228 e. The van der Waals surface area contributed by atoms with E-state index in [-0.39, 0.29) is 5.41 Å². The monoisotopic (exact) mass is 536 g/mol. The summed E-state index contributed by atoms with van der Waals surface area (Å²) in [6.45, 7) is 4.70. The van der Waals surface area contributed by atoms with Gasteiger partial charge in [0, 0.05) is 21.9 Å². The van der Waals surface area contributed by atoms with E-state index in [0.717, 1.165) is 40.0 Å². The van der Waals surface area contributed by atoms with Crippen molar-refractivity contribution in [2.75, 3.05) is 0 Å². The molecular formula is C40H28N2. The molecule has 7 aromatic rings. The van der Waals surface area contributed by atoms with Crippen LogP contribution >= 0.6 is 0 Å². The molecule has 42 heavy (non-hydrogen) atoms. The second kappa shape index (κ2) is 8.47. The van der Waals surface area contributed by atoms with Gasteiger partial charge in [0.15, 0.2) is 5.82 Å². The molecule has 0 radical (unpaired) electrons. The van der Waals surface area contributed by atoms with Crippen LogP contribution in [0.25, 0.3) is 66.6 Å². The molecule has 1 heterocycles. The molecule has 2 nitrogen and oxygen atoms in total. The first-order valence-electron chi connectivity index (χ1n) is 14.7. The fraction of sp³-hybridized carbons (Fsp3) is 0.100. The number of hydrogen-bond donors (Lipinski definition) is 0. The first kappa shape index (κ1) is 23.6. The zero-order chi connectivity index (χ0) is 28.0. The average molecular weight is 537 g/mol. The summed E-state index contributed by atoms with van der Waals surface area (Å²) >= 11 is 0. The van der Waals surface area contributed by atoms with Crippen LogP contribution in [0.5, 0.6) is 0 Å². The minimum atomic E-state index is -0.0467. The topological polar surface area (TPSA) is 25.8 Å². The summed E-state index contributed by atoms with van der Waals surface area (Å²) in [6.07, 6.45) is 0.953. The van der Waals surface area contributed by atoms with Gasteiger partial charge in [0.25, 0.3) is 0 Å². The van der Waals surface area contributed by atoms with Crippen molar-refractivity contribution in [2.45, 2.75) is 25.7 Å². The Bertz CT molecular complexity index is 2260. The van der Waals surface area contributed by atoms with Gasteiger partial charge < -0.3 is 0 Å². The van der Waals surface area contributed by atoms with E-state index >= 15 is 0 Å². The fourth-order valence-electron chi connectivity index (χ4n) is 7.48. The zero-order valence-corrected chi connectivity index (χ0v) is 23.6. The smallest absolute Gasteiger partial charge is 0.160 e. The predicted octanol–water partition coefficient (Wildman–Crippen LogP) is 9.99. The van der Waals surface area contributed by atoms with Crippen LogP contribution in [-0.2, 0) is 11.8 Å². The normalized spacial score (nSPS) is 14.0. The van der Waals surface area contributed by atoms with Crippen LogP contribution in [0, 0.1) is 0 Å². The van der Waals surface area contributed by atoms with Crippen molar-refractivity contribution in [2.24, 2.45) is 0 Å². The van der Waals surface area contributed by atoms with E-state index in [4.69, 9.17) is 9.97 Å². The SMILES string of the molecule is CC1(C)c2ccccc2-c2ccc3cc(-c4nc(-c5ccc6c(c5)Cc5ccccc5-6)nc5ccccc45)ccc3c21. The van der Waals surface area contributed by atoms with Crippen LogP contribution in [0.4, 0.5) is 0 Å². The summed E-state index contributed by atoms with van der Waals surface area (Å²) in [5.41, 5.74) is 15.0. The lowest BCUT2D eigenvalue weighted by Crippen LogP contribution is -2.15. The molecule has 0 amide bonds. The van der Waals surface area contributed by atoms with Crippen molar-refractivity contribution < 1.29 is 0 Å². The van der Waals surface area contributed by atoms with Gasteiger partial charge in [0.05, 0.1) is 11.2 Å². The van der Waals surface area contributed by atoms with Gasteiger partial charge in [0.1, 0.15) is 0 Å². The van der Waals surface area contributed by atoms with Gasteiger partial charge in [-0.2, -0.15) is 0 Å². The quantitative estimate of drug-likeness (QED) is 0.220. The molecule has 6 aromatic carbocycles. The van der Waals surface area contributed by atoms with Gasteiger partial charge in [-0.15, -0.1) is 0 Å². The van der Waals surface area contributed by atoms with Crippen molar-refractivity contribution in [3.8, 4) is 44.9 Å². The number of aromatic nitrogens is 2. The van der Waals surface area contributed by atoms with Gasteiger partial charge in [-0.3, -0.25) is 0 Å². The second-order valence-electron chi connectivity index (χ2n) is 12.2. The highest BCUT2D eigenvalue weighted by atomic mass is 14.9. The molecule has 0 aliphatic heterocycles.